The third-order valence-electron chi connectivity index (χ3n) is 15.9. The summed E-state index contributed by atoms with van der Waals surface area (Å²) in [5.74, 6) is 0.714. The van der Waals surface area contributed by atoms with Crippen LogP contribution in [0.2, 0.25) is 0 Å². The minimum absolute atomic E-state index is 0.00734. The molecule has 12 heterocycles. The first-order valence-corrected chi connectivity index (χ1v) is 27.2. The van der Waals surface area contributed by atoms with Crippen molar-refractivity contribution >= 4 is 45.9 Å². The lowest BCUT2D eigenvalue weighted by molar-refractivity contribution is -0.177. The smallest absolute Gasteiger partial charge is 0.263 e. The minimum atomic E-state index is -1.14. The van der Waals surface area contributed by atoms with E-state index in [2.05, 4.69) is 40.5 Å². The summed E-state index contributed by atoms with van der Waals surface area (Å²) in [5, 5.41) is 46.4. The van der Waals surface area contributed by atoms with E-state index in [-0.39, 0.29) is 103 Å². The van der Waals surface area contributed by atoms with Gasteiger partial charge >= 0.3 is 0 Å². The third kappa shape index (κ3) is 13.2. The second kappa shape index (κ2) is 24.6. The third-order valence-corrected chi connectivity index (χ3v) is 15.9. The van der Waals surface area contributed by atoms with Crippen molar-refractivity contribution in [3.05, 3.63) is 101 Å². The van der Waals surface area contributed by atoms with Gasteiger partial charge in [0.2, 0.25) is 11.8 Å². The van der Waals surface area contributed by atoms with Crippen molar-refractivity contribution in [1.29, 1.82) is 0 Å². The van der Waals surface area contributed by atoms with Crippen LogP contribution < -0.4 is 35.3 Å². The van der Waals surface area contributed by atoms with Gasteiger partial charge in [-0.25, -0.2) is 28.7 Å². The molecule has 14 rings (SSSR count). The van der Waals surface area contributed by atoms with Gasteiger partial charge in [0.1, 0.15) is 40.7 Å². The first-order valence-electron chi connectivity index (χ1n) is 27.2. The number of nitrogens with one attached hydrogen (secondary N) is 2. The quantitative estimate of drug-likeness (QED) is 0.0442. The van der Waals surface area contributed by atoms with Crippen molar-refractivity contribution in [2.45, 2.75) is 125 Å². The fourth-order valence-electron chi connectivity index (χ4n) is 11.2. The van der Waals surface area contributed by atoms with Gasteiger partial charge in [0.25, 0.3) is 5.91 Å². The highest BCUT2D eigenvalue weighted by Crippen LogP contribution is 2.49. The number of ketones is 1. The number of aldehydes is 1. The van der Waals surface area contributed by atoms with E-state index in [1.54, 1.807) is 36.4 Å². The number of rotatable bonds is 18. The molecule has 22 nitrogen and oxygen atoms in total. The van der Waals surface area contributed by atoms with E-state index in [1.807, 2.05) is 12.1 Å². The van der Waals surface area contributed by atoms with Crippen molar-refractivity contribution < 1.29 is 72.0 Å². The Labute approximate surface area is 464 Å². The Bertz CT molecular complexity index is 3240. The Morgan fingerprint density at radius 1 is 0.704 bits per heavy atom. The molecule has 1 amide bonds. The van der Waals surface area contributed by atoms with Gasteiger partial charge in [-0.3, -0.25) is 24.4 Å². The molecule has 0 aromatic carbocycles. The molecule has 0 spiro atoms. The molecule has 8 aliphatic rings. The van der Waals surface area contributed by atoms with E-state index in [4.69, 9.17) is 44.4 Å². The number of ether oxygens (including phenoxy) is 6. The van der Waals surface area contributed by atoms with E-state index in [0.717, 1.165) is 56.6 Å². The molecule has 2 atom stereocenters. The first-order chi connectivity index (χ1) is 39.1. The van der Waals surface area contributed by atoms with Crippen LogP contribution in [0.5, 0.6) is 23.3 Å². The Kier molecular flexibility index (Phi) is 17.4. The van der Waals surface area contributed by atoms with E-state index >= 15 is 4.39 Å². The molecule has 6 aromatic heterocycles. The van der Waals surface area contributed by atoms with E-state index in [9.17, 15) is 29.0 Å². The zero-order chi connectivity index (χ0) is 56.8. The molecule has 81 heavy (non-hydrogen) atoms. The zero-order valence-electron chi connectivity index (χ0n) is 44.5. The topological polar surface area (TPSA) is 315 Å². The second-order valence-electron chi connectivity index (χ2n) is 21.6. The average Bonchev–Trinajstić information content (AvgIpc) is 3.67. The number of aliphatic hydroxyl groups is 4. The Hall–Kier alpha value is -7.03. The summed E-state index contributed by atoms with van der Waals surface area (Å²) in [7, 11) is 0. The van der Waals surface area contributed by atoms with Crippen LogP contribution in [-0.4, -0.2) is 143 Å². The number of amides is 1. The van der Waals surface area contributed by atoms with Gasteiger partial charge in [0.15, 0.2) is 30.2 Å². The number of anilines is 1. The second-order valence-corrected chi connectivity index (χ2v) is 21.6. The molecular weight excluding hydrogens is 1060 g/mol. The number of carbonyl (C=O) groups is 3. The van der Waals surface area contributed by atoms with Gasteiger partial charge in [-0.1, -0.05) is 0 Å². The van der Waals surface area contributed by atoms with Crippen LogP contribution in [0.25, 0.3) is 22.1 Å². The number of pyridine rings is 6. The van der Waals surface area contributed by atoms with Crippen molar-refractivity contribution in [1.82, 2.24) is 35.2 Å². The molecule has 6 aromatic rings. The van der Waals surface area contributed by atoms with Crippen LogP contribution in [0, 0.1) is 11.6 Å². The standard InChI is InChI=1S/C28H32FN5O6.C20H26FN3O4.C9H7NO3/c29-18-14-30-19-3-5-23(38-11-1-10-35)34-25(19)24(18)20(36)12-28-8-6-27(7-9-28,16-40-28)31-13-17-2-4-21-26(32-17)33-22(37)15-39-21;21-13-11-23-14-2-3-16(27-9-1-8-25)24-18(14)17(13)15(26)10-20-6-4-19(22,5-7-20)12-28-20;11-4-6-1-2-9-8(10-6)3-7(12)5-13-9/h2-5,14,20,31,35-36H,1,6-13,15-16H2,(H,32,33,37);2-3,11,15,25-26H,1,4-10,12,22H2;1-2,4H,3,5H2. The first kappa shape index (κ1) is 57.2. The summed E-state index contributed by atoms with van der Waals surface area (Å²) in [5.41, 5.74) is 8.10. The maximum absolute atomic E-state index is 15.0. The van der Waals surface area contributed by atoms with Gasteiger partial charge in [-0.2, -0.15) is 0 Å². The molecule has 4 saturated heterocycles. The lowest BCUT2D eigenvalue weighted by Crippen LogP contribution is -2.61. The van der Waals surface area contributed by atoms with Gasteiger partial charge in [-0.05, 0) is 87.8 Å². The maximum Gasteiger partial charge on any atom is 0.263 e. The fourth-order valence-corrected chi connectivity index (χ4v) is 11.2. The normalized spacial score (nSPS) is 24.0. The largest absolute Gasteiger partial charge is 0.484 e. The molecule has 4 bridgehead atoms. The van der Waals surface area contributed by atoms with Crippen molar-refractivity contribution in [3.63, 3.8) is 0 Å². The number of aromatic nitrogens is 6. The molecule has 0 radical (unpaired) electrons. The highest BCUT2D eigenvalue weighted by molar-refractivity contribution is 5.94. The van der Waals surface area contributed by atoms with Crippen molar-refractivity contribution in [2.75, 3.05) is 58.2 Å². The van der Waals surface area contributed by atoms with Crippen molar-refractivity contribution in [3.8, 4) is 23.3 Å². The summed E-state index contributed by atoms with van der Waals surface area (Å²) in [6, 6.07) is 13.6. The molecule has 24 heteroatoms. The van der Waals surface area contributed by atoms with E-state index < -0.39 is 35.0 Å². The number of carbonyl (C=O) groups excluding carboxylic acids is 3. The van der Waals surface area contributed by atoms with Crippen LogP contribution in [0.3, 0.4) is 0 Å². The van der Waals surface area contributed by atoms with E-state index in [1.165, 1.54) is 0 Å². The lowest BCUT2D eigenvalue weighted by atomic mass is 9.69. The number of fused-ring (bicyclic) bond motifs is 10. The summed E-state index contributed by atoms with van der Waals surface area (Å²) < 4.78 is 63.6. The van der Waals surface area contributed by atoms with E-state index in [0.29, 0.717) is 104 Å². The molecule has 6 fully saturated rings. The maximum atomic E-state index is 15.0. The molecule has 2 saturated carbocycles. The number of nitrogens with zero attached hydrogens (tertiary/aromatic N) is 6. The number of hydrogen-bond acceptors (Lipinski definition) is 21. The monoisotopic (exact) mass is 1120 g/mol. The number of nitrogens with two attached hydrogens (primary N) is 1. The van der Waals surface area contributed by atoms with Gasteiger partial charge in [0.05, 0.1) is 91.1 Å². The van der Waals surface area contributed by atoms with Crippen molar-refractivity contribution in [2.24, 2.45) is 5.73 Å². The van der Waals surface area contributed by atoms with Crippen LogP contribution in [0.1, 0.15) is 122 Å². The Balaban J connectivity index is 0.000000155. The zero-order valence-corrected chi connectivity index (χ0v) is 44.5. The summed E-state index contributed by atoms with van der Waals surface area (Å²) in [6.45, 7) is 2.12. The molecule has 430 valence electrons. The van der Waals surface area contributed by atoms with Crippen LogP contribution in [0.15, 0.2) is 60.9 Å². The van der Waals surface area contributed by atoms with Crippen LogP contribution in [-0.2, 0) is 32.0 Å². The summed E-state index contributed by atoms with van der Waals surface area (Å²) in [4.78, 5) is 58.4. The number of hydrogen-bond donors (Lipinski definition) is 7. The predicted molar refractivity (Wildman–Crippen MR) is 286 cm³/mol. The van der Waals surface area contributed by atoms with Gasteiger partial charge in [0, 0.05) is 79.8 Å². The van der Waals surface area contributed by atoms with Crippen LogP contribution >= 0.6 is 0 Å². The molecule has 2 aliphatic carbocycles. The highest BCUT2D eigenvalue weighted by atomic mass is 19.1. The molecule has 2 unspecified atom stereocenters. The number of Topliss-reactive ketones (excluding diaryl/α,β-unsaturated/α-hetero) is 1. The Morgan fingerprint density at radius 3 is 1.81 bits per heavy atom. The molecule has 8 N–H and O–H groups in total. The SMILES string of the molecule is NC12CCC(CC(O)c3c(F)cnc4ccc(OCCCO)nc34)(CC1)OC2.O=C1COc2ccc(CNC34CCC(CC(O)c5c(F)cnc6ccc(OCCCO)nc56)(CC3)OC4)nc2N1.O=Cc1ccc2c(n1)CC(=O)CO2. The molecular formula is C57H65F2N9O13. The predicted octanol–water partition coefficient (Wildman–Crippen LogP) is 4.94. The molecule has 6 aliphatic heterocycles. The summed E-state index contributed by atoms with van der Waals surface area (Å²) in [6.07, 6.45) is 8.68. The summed E-state index contributed by atoms with van der Waals surface area (Å²) >= 11 is 0. The highest BCUT2D eigenvalue weighted by Gasteiger charge is 2.51. The Morgan fingerprint density at radius 2 is 1.27 bits per heavy atom. The minimum Gasteiger partial charge on any atom is -0.484 e. The number of halogens is 2. The van der Waals surface area contributed by atoms with Crippen LogP contribution in [0.4, 0.5) is 14.6 Å². The lowest BCUT2D eigenvalue weighted by Gasteiger charge is -2.54. The number of aliphatic hydroxyl groups excluding tert-OH is 4. The van der Waals surface area contributed by atoms with Gasteiger partial charge in [-0.15, -0.1) is 0 Å². The average molecular weight is 1120 g/mol. The van der Waals surface area contributed by atoms with Gasteiger partial charge < -0.3 is 65.2 Å². The fraction of sp³-hybridized carbons (Fsp3) is 0.491.